The molecule has 1 saturated heterocycles. The van der Waals surface area contributed by atoms with Crippen molar-refractivity contribution in [2.24, 2.45) is 0 Å². The number of Topliss-reactive ketones (excluding diaryl/α,β-unsaturated/α-hetero) is 1. The Hall–Kier alpha value is -1.59. The van der Waals surface area contributed by atoms with Gasteiger partial charge >= 0.3 is 5.69 Å². The molecule has 1 aromatic heterocycles. The number of halogens is 1. The minimum atomic E-state index is -0.0472. The molecule has 0 radical (unpaired) electrons. The van der Waals surface area contributed by atoms with Crippen molar-refractivity contribution in [2.75, 3.05) is 13.1 Å². The van der Waals surface area contributed by atoms with Crippen LogP contribution in [0.25, 0.3) is 11.0 Å². The molecule has 2 fully saturated rings. The van der Waals surface area contributed by atoms with Crippen LogP contribution < -0.4 is 5.69 Å². The predicted octanol–water partition coefficient (Wildman–Crippen LogP) is 3.13. The Balaban J connectivity index is 1.49. The van der Waals surface area contributed by atoms with Crippen molar-refractivity contribution < 1.29 is 4.79 Å². The van der Waals surface area contributed by atoms with Crippen molar-refractivity contribution in [1.29, 1.82) is 0 Å². The van der Waals surface area contributed by atoms with Gasteiger partial charge in [0.05, 0.1) is 11.0 Å². The maximum absolute atomic E-state index is 12.4. The van der Waals surface area contributed by atoms with E-state index < -0.39 is 0 Å². The molecule has 1 aromatic carbocycles. The van der Waals surface area contributed by atoms with E-state index in [2.05, 4.69) is 9.88 Å². The number of piperidine rings is 1. The van der Waals surface area contributed by atoms with Crippen molar-refractivity contribution >= 4 is 28.4 Å². The van der Waals surface area contributed by atoms with Gasteiger partial charge in [-0.25, -0.2) is 4.79 Å². The molecule has 0 bridgehead atoms. The number of carbonyl (C=O) groups is 1. The van der Waals surface area contributed by atoms with Crippen molar-refractivity contribution in [3.63, 3.8) is 0 Å². The number of H-pyrrole nitrogens is 1. The fourth-order valence-corrected chi connectivity index (χ4v) is 4.44. The minimum Gasteiger partial charge on any atom is -0.305 e. The van der Waals surface area contributed by atoms with Crippen LogP contribution in [0.2, 0.25) is 5.02 Å². The van der Waals surface area contributed by atoms with Crippen LogP contribution in [0.1, 0.15) is 44.6 Å². The first kappa shape index (κ1) is 15.9. The van der Waals surface area contributed by atoms with Crippen molar-refractivity contribution in [3.05, 3.63) is 33.7 Å². The number of ketones is 1. The lowest BCUT2D eigenvalue weighted by atomic mass is 9.91. The van der Waals surface area contributed by atoms with E-state index in [9.17, 15) is 9.59 Å². The van der Waals surface area contributed by atoms with Crippen LogP contribution in [-0.2, 0) is 4.79 Å². The molecular formula is C18H22ClN3O2. The first-order valence-electron chi connectivity index (χ1n) is 8.77. The van der Waals surface area contributed by atoms with Crippen molar-refractivity contribution in [1.82, 2.24) is 14.5 Å². The molecule has 2 aromatic rings. The Morgan fingerprint density at radius 1 is 1.00 bits per heavy atom. The highest BCUT2D eigenvalue weighted by molar-refractivity contribution is 6.31. The molecule has 1 N–H and O–H groups in total. The average molecular weight is 348 g/mol. The molecule has 1 aliphatic heterocycles. The molecule has 5 nitrogen and oxygen atoms in total. The molecule has 24 heavy (non-hydrogen) atoms. The Kier molecular flexibility index (Phi) is 4.22. The van der Waals surface area contributed by atoms with Crippen LogP contribution in [0.4, 0.5) is 0 Å². The van der Waals surface area contributed by atoms with Gasteiger partial charge in [-0.1, -0.05) is 11.6 Å². The normalized spacial score (nSPS) is 21.6. The molecule has 4 rings (SSSR count). The second kappa shape index (κ2) is 6.37. The third-order valence-corrected chi connectivity index (χ3v) is 5.81. The number of imidazole rings is 1. The van der Waals surface area contributed by atoms with Crippen LogP contribution in [0.3, 0.4) is 0 Å². The fourth-order valence-electron chi connectivity index (χ4n) is 4.26. The van der Waals surface area contributed by atoms with E-state index in [-0.39, 0.29) is 11.7 Å². The van der Waals surface area contributed by atoms with E-state index in [1.165, 1.54) is 0 Å². The Morgan fingerprint density at radius 3 is 2.42 bits per heavy atom. The summed E-state index contributed by atoms with van der Waals surface area (Å²) in [4.78, 5) is 29.2. The summed E-state index contributed by atoms with van der Waals surface area (Å²) in [5.74, 6) is 0.408. The van der Waals surface area contributed by atoms with E-state index in [1.807, 2.05) is 22.8 Å². The van der Waals surface area contributed by atoms with Crippen molar-refractivity contribution in [3.8, 4) is 0 Å². The Labute approximate surface area is 145 Å². The van der Waals surface area contributed by atoms with E-state index in [0.717, 1.165) is 62.6 Å². The van der Waals surface area contributed by atoms with Gasteiger partial charge in [-0.15, -0.1) is 0 Å². The summed E-state index contributed by atoms with van der Waals surface area (Å²) in [6.45, 7) is 1.99. The number of hydrogen-bond donors (Lipinski definition) is 1. The zero-order chi connectivity index (χ0) is 16.7. The van der Waals surface area contributed by atoms with Crippen LogP contribution in [0, 0.1) is 0 Å². The number of nitrogens with zero attached hydrogens (tertiary/aromatic N) is 2. The number of rotatable bonds is 2. The van der Waals surface area contributed by atoms with Gasteiger partial charge in [-0.05, 0) is 43.9 Å². The lowest BCUT2D eigenvalue weighted by Gasteiger charge is -2.39. The summed E-state index contributed by atoms with van der Waals surface area (Å²) in [5.41, 5.74) is 1.70. The fraction of sp³-hybridized carbons (Fsp3) is 0.556. The Morgan fingerprint density at radius 2 is 1.71 bits per heavy atom. The summed E-state index contributed by atoms with van der Waals surface area (Å²) in [6.07, 6.45) is 5.39. The van der Waals surface area contributed by atoms with Gasteiger partial charge < -0.3 is 9.88 Å². The van der Waals surface area contributed by atoms with Gasteiger partial charge in [0.25, 0.3) is 0 Å². The highest BCUT2D eigenvalue weighted by Crippen LogP contribution is 2.29. The zero-order valence-corrected chi connectivity index (χ0v) is 14.4. The van der Waals surface area contributed by atoms with Gasteiger partial charge in [-0.3, -0.25) is 9.36 Å². The third kappa shape index (κ3) is 2.91. The number of carbonyl (C=O) groups excluding carboxylic acids is 1. The smallest absolute Gasteiger partial charge is 0.305 e. The number of likely N-dealkylation sites (tertiary alicyclic amines) is 1. The molecule has 0 unspecified atom stereocenters. The number of fused-ring (bicyclic) bond motifs is 1. The van der Waals surface area contributed by atoms with Gasteiger partial charge in [0.2, 0.25) is 0 Å². The minimum absolute atomic E-state index is 0.0472. The predicted molar refractivity (Wildman–Crippen MR) is 94.7 cm³/mol. The second-order valence-corrected chi connectivity index (χ2v) is 7.44. The topological polar surface area (TPSA) is 58.1 Å². The number of hydrogen-bond acceptors (Lipinski definition) is 3. The summed E-state index contributed by atoms with van der Waals surface area (Å²) >= 11 is 6.02. The van der Waals surface area contributed by atoms with E-state index >= 15 is 0 Å². The number of benzene rings is 1. The van der Waals surface area contributed by atoms with Crippen LogP contribution in [0.15, 0.2) is 23.0 Å². The van der Waals surface area contributed by atoms with Crippen LogP contribution in [0.5, 0.6) is 0 Å². The van der Waals surface area contributed by atoms with Gasteiger partial charge in [0.15, 0.2) is 0 Å². The lowest BCUT2D eigenvalue weighted by Crippen LogP contribution is -2.44. The molecule has 0 amide bonds. The summed E-state index contributed by atoms with van der Waals surface area (Å²) in [6, 6.07) is 6.34. The summed E-state index contributed by atoms with van der Waals surface area (Å²) in [7, 11) is 0. The quantitative estimate of drug-likeness (QED) is 0.908. The molecule has 128 valence electrons. The van der Waals surface area contributed by atoms with Crippen LogP contribution >= 0.6 is 11.6 Å². The largest absolute Gasteiger partial charge is 0.326 e. The number of aromatic amines is 1. The number of nitrogens with one attached hydrogen (secondary N) is 1. The van der Waals surface area contributed by atoms with Gasteiger partial charge in [0.1, 0.15) is 5.78 Å². The van der Waals surface area contributed by atoms with E-state index in [1.54, 1.807) is 0 Å². The number of aromatic nitrogens is 2. The molecule has 2 aliphatic rings. The SMILES string of the molecule is O=C1CCC(N2CCC(n3c(=O)[nH]c4cc(Cl)ccc43)CC2)CC1. The highest BCUT2D eigenvalue weighted by Gasteiger charge is 2.29. The first-order chi connectivity index (χ1) is 11.6. The average Bonchev–Trinajstić information content (AvgIpc) is 2.90. The molecule has 2 heterocycles. The van der Waals surface area contributed by atoms with Gasteiger partial charge in [-0.2, -0.15) is 0 Å². The summed E-state index contributed by atoms with van der Waals surface area (Å²) in [5, 5.41) is 0.637. The molecule has 1 saturated carbocycles. The lowest BCUT2D eigenvalue weighted by molar-refractivity contribution is -0.121. The molecular weight excluding hydrogens is 326 g/mol. The molecule has 1 aliphatic carbocycles. The zero-order valence-electron chi connectivity index (χ0n) is 13.6. The third-order valence-electron chi connectivity index (χ3n) is 5.57. The highest BCUT2D eigenvalue weighted by atomic mass is 35.5. The maximum Gasteiger partial charge on any atom is 0.326 e. The second-order valence-electron chi connectivity index (χ2n) is 7.00. The Bertz CT molecular complexity index is 807. The van der Waals surface area contributed by atoms with Crippen molar-refractivity contribution in [2.45, 2.75) is 50.6 Å². The molecule has 0 atom stereocenters. The molecule has 6 heteroatoms. The van der Waals surface area contributed by atoms with Gasteiger partial charge in [0, 0.05) is 43.0 Å². The molecule has 0 spiro atoms. The van der Waals surface area contributed by atoms with Crippen LogP contribution in [-0.4, -0.2) is 39.4 Å². The maximum atomic E-state index is 12.4. The van der Waals surface area contributed by atoms with E-state index in [0.29, 0.717) is 16.8 Å². The standard InChI is InChI=1S/C18H22ClN3O2/c19-12-1-6-17-16(11-12)20-18(24)22(17)14-7-9-21(10-8-14)13-2-4-15(23)5-3-13/h1,6,11,13-14H,2-5,7-10H2,(H,20,24). The van der Waals surface area contributed by atoms with E-state index in [4.69, 9.17) is 11.6 Å². The monoisotopic (exact) mass is 347 g/mol. The summed E-state index contributed by atoms with van der Waals surface area (Å²) < 4.78 is 1.90. The first-order valence-corrected chi connectivity index (χ1v) is 9.15.